The summed E-state index contributed by atoms with van der Waals surface area (Å²) in [5.74, 6) is 0.660. The molecule has 2 bridgehead atoms. The Balaban J connectivity index is 1.48. The molecule has 0 radical (unpaired) electrons. The van der Waals surface area contributed by atoms with Gasteiger partial charge in [0.15, 0.2) is 0 Å². The molecule has 2 unspecified atom stereocenters. The average Bonchev–Trinajstić information content (AvgIpc) is 2.67. The largest absolute Gasteiger partial charge is 0.445 e. The molecule has 0 aliphatic carbocycles. The maximum atomic E-state index is 12.7. The van der Waals surface area contributed by atoms with Crippen molar-refractivity contribution in [3.63, 3.8) is 0 Å². The number of fused-ring (bicyclic) bond motifs is 2. The molecule has 2 atom stereocenters. The molecule has 2 aliphatic rings. The van der Waals surface area contributed by atoms with Gasteiger partial charge < -0.3 is 14.6 Å². The van der Waals surface area contributed by atoms with Crippen LogP contribution in [0.25, 0.3) is 0 Å². The first-order chi connectivity index (χ1) is 13.0. The third kappa shape index (κ3) is 3.65. The highest BCUT2D eigenvalue weighted by atomic mass is 16.6. The van der Waals surface area contributed by atoms with E-state index in [1.165, 1.54) is 0 Å². The summed E-state index contributed by atoms with van der Waals surface area (Å²) in [6.07, 6.45) is 3.72. The van der Waals surface area contributed by atoms with Gasteiger partial charge in [0.25, 0.3) is 0 Å². The predicted octanol–water partition coefficient (Wildman–Crippen LogP) is 2.17. The number of carbonyl (C=O) groups excluding carboxylic acids is 1. The third-order valence-corrected chi connectivity index (χ3v) is 5.29. The van der Waals surface area contributed by atoms with E-state index < -0.39 is 5.60 Å². The van der Waals surface area contributed by atoms with Crippen molar-refractivity contribution in [2.24, 2.45) is 0 Å². The van der Waals surface area contributed by atoms with E-state index in [4.69, 9.17) is 9.47 Å². The lowest BCUT2D eigenvalue weighted by atomic mass is 9.78. The number of aromatic nitrogens is 2. The van der Waals surface area contributed by atoms with E-state index in [0.29, 0.717) is 37.4 Å². The van der Waals surface area contributed by atoms with Gasteiger partial charge in [-0.3, -0.25) is 4.90 Å². The minimum Gasteiger partial charge on any atom is -0.445 e. The smallest absolute Gasteiger partial charge is 0.410 e. The van der Waals surface area contributed by atoms with Crippen LogP contribution in [0.1, 0.15) is 29.8 Å². The Morgan fingerprint density at radius 3 is 2.48 bits per heavy atom. The SMILES string of the molecule is Cc1ncc(C2(O)CC3COCC(C2)N3C(=O)OCc2ccccc2)cn1. The van der Waals surface area contributed by atoms with E-state index in [9.17, 15) is 9.90 Å². The summed E-state index contributed by atoms with van der Waals surface area (Å²) in [4.78, 5) is 22.9. The fourth-order valence-electron chi connectivity index (χ4n) is 3.94. The second-order valence-electron chi connectivity index (χ2n) is 7.25. The monoisotopic (exact) mass is 369 g/mol. The standard InChI is InChI=1S/C20H23N3O4/c1-14-21-9-16(10-22-14)20(25)7-17-12-26-13-18(8-20)23(17)19(24)27-11-15-5-3-2-4-6-15/h2-6,9-10,17-18,25H,7-8,11-13H2,1H3. The lowest BCUT2D eigenvalue weighted by Crippen LogP contribution is -2.62. The number of aliphatic hydroxyl groups is 1. The van der Waals surface area contributed by atoms with E-state index in [-0.39, 0.29) is 24.8 Å². The van der Waals surface area contributed by atoms with Gasteiger partial charge in [0.2, 0.25) is 0 Å². The second-order valence-corrected chi connectivity index (χ2v) is 7.25. The van der Waals surface area contributed by atoms with Crippen molar-refractivity contribution >= 4 is 6.09 Å². The van der Waals surface area contributed by atoms with Crippen LogP contribution in [0, 0.1) is 6.92 Å². The molecule has 1 aromatic carbocycles. The highest BCUT2D eigenvalue weighted by Gasteiger charge is 2.49. The van der Waals surface area contributed by atoms with Crippen molar-refractivity contribution < 1.29 is 19.4 Å². The molecule has 27 heavy (non-hydrogen) atoms. The van der Waals surface area contributed by atoms with Gasteiger partial charge in [-0.05, 0) is 12.5 Å². The lowest BCUT2D eigenvalue weighted by Gasteiger charge is -2.50. The highest BCUT2D eigenvalue weighted by molar-refractivity contribution is 5.69. The number of carbonyl (C=O) groups is 1. The van der Waals surface area contributed by atoms with E-state index in [1.54, 1.807) is 17.3 Å². The highest BCUT2D eigenvalue weighted by Crippen LogP contribution is 2.40. The number of hydrogen-bond donors (Lipinski definition) is 1. The Morgan fingerprint density at radius 2 is 1.85 bits per heavy atom. The first kappa shape index (κ1) is 17.9. The quantitative estimate of drug-likeness (QED) is 0.893. The number of piperidine rings is 1. The summed E-state index contributed by atoms with van der Waals surface area (Å²) < 4.78 is 11.2. The number of hydrogen-bond acceptors (Lipinski definition) is 6. The minimum absolute atomic E-state index is 0.229. The number of aryl methyl sites for hydroxylation is 1. The Bertz CT molecular complexity index is 783. The maximum Gasteiger partial charge on any atom is 0.410 e. The molecule has 3 heterocycles. The molecule has 4 rings (SSSR count). The predicted molar refractivity (Wildman–Crippen MR) is 96.8 cm³/mol. The van der Waals surface area contributed by atoms with Gasteiger partial charge in [-0.25, -0.2) is 14.8 Å². The van der Waals surface area contributed by atoms with Crippen molar-refractivity contribution in [3.05, 3.63) is 59.7 Å². The number of morpholine rings is 1. The molecule has 0 spiro atoms. The number of nitrogens with zero attached hydrogens (tertiary/aromatic N) is 3. The Labute approximate surface area is 158 Å². The van der Waals surface area contributed by atoms with Gasteiger partial charge >= 0.3 is 6.09 Å². The van der Waals surface area contributed by atoms with Gasteiger partial charge in [0.05, 0.1) is 30.9 Å². The summed E-state index contributed by atoms with van der Waals surface area (Å²) in [5.41, 5.74) is 0.558. The van der Waals surface area contributed by atoms with Crippen molar-refractivity contribution in [3.8, 4) is 0 Å². The van der Waals surface area contributed by atoms with Crippen LogP contribution < -0.4 is 0 Å². The lowest BCUT2D eigenvalue weighted by molar-refractivity contribution is -0.137. The van der Waals surface area contributed by atoms with E-state index >= 15 is 0 Å². The Morgan fingerprint density at radius 1 is 1.22 bits per heavy atom. The zero-order valence-corrected chi connectivity index (χ0v) is 15.2. The van der Waals surface area contributed by atoms with Gasteiger partial charge in [-0.1, -0.05) is 30.3 Å². The minimum atomic E-state index is -1.07. The first-order valence-corrected chi connectivity index (χ1v) is 9.13. The van der Waals surface area contributed by atoms with E-state index in [0.717, 1.165) is 5.56 Å². The molecular formula is C20H23N3O4. The third-order valence-electron chi connectivity index (χ3n) is 5.29. The molecule has 2 fully saturated rings. The molecule has 7 nitrogen and oxygen atoms in total. The Kier molecular flexibility index (Phi) is 4.80. The molecule has 7 heteroatoms. The zero-order valence-electron chi connectivity index (χ0n) is 15.2. The molecule has 1 amide bonds. The Hall–Kier alpha value is -2.51. The van der Waals surface area contributed by atoms with Gasteiger partial charge in [0.1, 0.15) is 12.4 Å². The maximum absolute atomic E-state index is 12.7. The summed E-state index contributed by atoms with van der Waals surface area (Å²) in [6.45, 7) is 2.80. The van der Waals surface area contributed by atoms with Crippen LogP contribution in [0.5, 0.6) is 0 Å². The van der Waals surface area contributed by atoms with Gasteiger partial charge in [-0.2, -0.15) is 0 Å². The fourth-order valence-corrected chi connectivity index (χ4v) is 3.94. The van der Waals surface area contributed by atoms with Crippen LogP contribution >= 0.6 is 0 Å². The fraction of sp³-hybridized carbons (Fsp3) is 0.450. The van der Waals surface area contributed by atoms with Gasteiger partial charge in [0, 0.05) is 30.8 Å². The molecular weight excluding hydrogens is 346 g/mol. The van der Waals surface area contributed by atoms with Crippen molar-refractivity contribution in [1.29, 1.82) is 0 Å². The van der Waals surface area contributed by atoms with Gasteiger partial charge in [-0.15, -0.1) is 0 Å². The normalized spacial score (nSPS) is 27.3. The van der Waals surface area contributed by atoms with Crippen LogP contribution in [0.3, 0.4) is 0 Å². The van der Waals surface area contributed by atoms with E-state index in [2.05, 4.69) is 9.97 Å². The molecule has 2 aliphatic heterocycles. The second kappa shape index (κ2) is 7.25. The molecule has 142 valence electrons. The van der Waals surface area contributed by atoms with Crippen LogP contribution in [0.4, 0.5) is 4.79 Å². The van der Waals surface area contributed by atoms with Crippen molar-refractivity contribution in [1.82, 2.24) is 14.9 Å². The topological polar surface area (TPSA) is 84.8 Å². The summed E-state index contributed by atoms with van der Waals surface area (Å²) in [6, 6.07) is 9.10. The molecule has 1 N–H and O–H groups in total. The van der Waals surface area contributed by atoms with Crippen LogP contribution in [0.15, 0.2) is 42.7 Å². The summed E-state index contributed by atoms with van der Waals surface area (Å²) >= 11 is 0. The van der Waals surface area contributed by atoms with Crippen LogP contribution in [-0.2, 0) is 21.7 Å². The van der Waals surface area contributed by atoms with Crippen molar-refractivity contribution in [2.75, 3.05) is 13.2 Å². The molecule has 0 saturated carbocycles. The number of ether oxygens (including phenoxy) is 2. The first-order valence-electron chi connectivity index (χ1n) is 9.13. The average molecular weight is 369 g/mol. The molecule has 1 aromatic heterocycles. The number of amides is 1. The number of rotatable bonds is 3. The van der Waals surface area contributed by atoms with E-state index in [1.807, 2.05) is 37.3 Å². The summed E-state index contributed by atoms with van der Waals surface area (Å²) in [7, 11) is 0. The van der Waals surface area contributed by atoms with Crippen LogP contribution in [-0.4, -0.2) is 51.4 Å². The zero-order chi connectivity index (χ0) is 18.9. The molecule has 2 aromatic rings. The summed E-state index contributed by atoms with van der Waals surface area (Å²) in [5, 5.41) is 11.2. The van der Waals surface area contributed by atoms with Crippen molar-refractivity contribution in [2.45, 2.75) is 44.1 Å². The van der Waals surface area contributed by atoms with Crippen LogP contribution in [0.2, 0.25) is 0 Å². The molecule has 2 saturated heterocycles. The number of benzene rings is 1.